The Labute approximate surface area is 133 Å². The van der Waals surface area contributed by atoms with Gasteiger partial charge in [-0.05, 0) is 49.9 Å². The molecule has 0 unspecified atom stereocenters. The molecule has 1 aliphatic rings. The van der Waals surface area contributed by atoms with Crippen molar-refractivity contribution in [2.45, 2.75) is 32.6 Å². The van der Waals surface area contributed by atoms with Crippen LogP contribution < -0.4 is 0 Å². The Kier molecular flexibility index (Phi) is 5.27. The largest absolute Gasteiger partial charge is 0.395 e. The number of hydrogen-bond acceptors (Lipinski definition) is 4. The fourth-order valence-electron chi connectivity index (χ4n) is 3.03. The predicted molar refractivity (Wildman–Crippen MR) is 87.7 cm³/mol. The maximum absolute atomic E-state index is 13.1. The maximum Gasteiger partial charge on any atom is 0.243 e. The van der Waals surface area contributed by atoms with Gasteiger partial charge < -0.3 is 5.11 Å². The molecule has 6 heteroatoms. The summed E-state index contributed by atoms with van der Waals surface area (Å²) >= 11 is 0. The molecule has 0 spiro atoms. The zero-order chi connectivity index (χ0) is 16.5. The number of β-amino-alcohol motifs (C(OH)–C–C–N with tert-alkyl or cyclic N) is 1. The van der Waals surface area contributed by atoms with Gasteiger partial charge in [-0.1, -0.05) is 6.07 Å². The highest BCUT2D eigenvalue weighted by Gasteiger charge is 2.31. The van der Waals surface area contributed by atoms with E-state index in [-0.39, 0.29) is 6.61 Å². The fraction of sp³-hybridized carbons (Fsp3) is 0.625. The molecular weight excluding hydrogens is 300 g/mol. The van der Waals surface area contributed by atoms with Gasteiger partial charge in [-0.3, -0.25) is 4.90 Å². The Balaban J connectivity index is 2.33. The zero-order valence-electron chi connectivity index (χ0n) is 13.9. The first-order chi connectivity index (χ1) is 10.3. The number of sulfonamides is 1. The smallest absolute Gasteiger partial charge is 0.243 e. The lowest BCUT2D eigenvalue weighted by atomic mass is 10.0. The van der Waals surface area contributed by atoms with E-state index in [9.17, 15) is 8.42 Å². The molecule has 1 aliphatic heterocycles. The minimum absolute atomic E-state index is 0.113. The molecule has 0 atom stereocenters. The highest BCUT2D eigenvalue weighted by atomic mass is 32.2. The number of aryl methyl sites for hydroxylation is 2. The average Bonchev–Trinajstić information content (AvgIpc) is 2.46. The lowest BCUT2D eigenvalue weighted by Gasteiger charge is -2.34. The van der Waals surface area contributed by atoms with E-state index >= 15 is 0 Å². The molecule has 0 amide bonds. The molecule has 0 saturated carbocycles. The van der Waals surface area contributed by atoms with E-state index in [1.807, 2.05) is 33.8 Å². The van der Waals surface area contributed by atoms with Crippen LogP contribution in [0.5, 0.6) is 0 Å². The first-order valence-corrected chi connectivity index (χ1v) is 9.13. The van der Waals surface area contributed by atoms with Crippen molar-refractivity contribution >= 4 is 10.0 Å². The maximum atomic E-state index is 13.1. The van der Waals surface area contributed by atoms with Crippen LogP contribution in [0.4, 0.5) is 0 Å². The normalized spacial score (nSPS) is 17.9. The van der Waals surface area contributed by atoms with Crippen LogP contribution in [0.25, 0.3) is 0 Å². The summed E-state index contributed by atoms with van der Waals surface area (Å²) in [5, 5.41) is 8.98. The lowest BCUT2D eigenvalue weighted by molar-refractivity contribution is 0.151. The van der Waals surface area contributed by atoms with Gasteiger partial charge in [0, 0.05) is 32.7 Å². The van der Waals surface area contributed by atoms with Crippen molar-refractivity contribution in [2.75, 3.05) is 39.3 Å². The number of aliphatic hydroxyl groups excluding tert-OH is 1. The molecule has 0 radical (unpaired) electrons. The van der Waals surface area contributed by atoms with E-state index in [0.717, 1.165) is 22.3 Å². The Morgan fingerprint density at radius 2 is 1.50 bits per heavy atom. The summed E-state index contributed by atoms with van der Waals surface area (Å²) in [5.74, 6) is 0. The van der Waals surface area contributed by atoms with Crippen molar-refractivity contribution in [1.82, 2.24) is 9.21 Å². The van der Waals surface area contributed by atoms with Crippen LogP contribution in [0, 0.1) is 27.7 Å². The van der Waals surface area contributed by atoms with Crippen LogP contribution in [0.1, 0.15) is 22.3 Å². The number of aliphatic hydroxyl groups is 1. The van der Waals surface area contributed by atoms with Gasteiger partial charge in [0.15, 0.2) is 0 Å². The SMILES string of the molecule is Cc1cc(C)c(C)c(S(=O)(=O)N2CCN(CCO)CC2)c1C. The van der Waals surface area contributed by atoms with E-state index in [1.165, 1.54) is 0 Å². The van der Waals surface area contributed by atoms with Gasteiger partial charge in [-0.2, -0.15) is 4.31 Å². The van der Waals surface area contributed by atoms with Gasteiger partial charge >= 0.3 is 0 Å². The third-order valence-electron chi connectivity index (χ3n) is 4.64. The van der Waals surface area contributed by atoms with E-state index in [1.54, 1.807) is 4.31 Å². The van der Waals surface area contributed by atoms with Crippen LogP contribution in [0.2, 0.25) is 0 Å². The minimum atomic E-state index is -3.46. The van der Waals surface area contributed by atoms with Crippen LogP contribution in [-0.4, -0.2) is 62.1 Å². The average molecular weight is 326 g/mol. The predicted octanol–water partition coefficient (Wildman–Crippen LogP) is 1.22. The van der Waals surface area contributed by atoms with Gasteiger partial charge in [-0.25, -0.2) is 8.42 Å². The summed E-state index contributed by atoms with van der Waals surface area (Å²) in [5.41, 5.74) is 3.72. The Morgan fingerprint density at radius 3 is 1.95 bits per heavy atom. The number of piperazine rings is 1. The van der Waals surface area contributed by atoms with Crippen LogP contribution in [0.3, 0.4) is 0 Å². The number of hydrogen-bond donors (Lipinski definition) is 1. The first kappa shape index (κ1) is 17.4. The highest BCUT2D eigenvalue weighted by Crippen LogP contribution is 2.29. The topological polar surface area (TPSA) is 60.9 Å². The van der Waals surface area contributed by atoms with Crippen molar-refractivity contribution in [1.29, 1.82) is 0 Å². The molecule has 1 aromatic rings. The molecule has 2 rings (SSSR count). The second-order valence-electron chi connectivity index (χ2n) is 6.06. The van der Waals surface area contributed by atoms with Gasteiger partial charge in [-0.15, -0.1) is 0 Å². The molecule has 1 aromatic carbocycles. The molecule has 22 heavy (non-hydrogen) atoms. The van der Waals surface area contributed by atoms with E-state index in [0.29, 0.717) is 37.6 Å². The number of benzene rings is 1. The first-order valence-electron chi connectivity index (χ1n) is 7.69. The molecule has 5 nitrogen and oxygen atoms in total. The number of nitrogens with zero attached hydrogens (tertiary/aromatic N) is 2. The number of rotatable bonds is 4. The zero-order valence-corrected chi connectivity index (χ0v) is 14.7. The van der Waals surface area contributed by atoms with Crippen molar-refractivity contribution < 1.29 is 13.5 Å². The van der Waals surface area contributed by atoms with Crippen molar-refractivity contribution in [3.63, 3.8) is 0 Å². The Bertz CT molecular complexity index is 622. The molecule has 1 N–H and O–H groups in total. The molecule has 124 valence electrons. The minimum Gasteiger partial charge on any atom is -0.395 e. The third kappa shape index (κ3) is 3.20. The molecule has 0 aliphatic carbocycles. The van der Waals surface area contributed by atoms with Crippen molar-refractivity contribution in [2.24, 2.45) is 0 Å². The fourth-order valence-corrected chi connectivity index (χ4v) is 5.03. The summed E-state index contributed by atoms with van der Waals surface area (Å²) in [4.78, 5) is 2.56. The molecule has 0 bridgehead atoms. The third-order valence-corrected chi connectivity index (χ3v) is 6.82. The van der Waals surface area contributed by atoms with Crippen molar-refractivity contribution in [3.05, 3.63) is 28.3 Å². The van der Waals surface area contributed by atoms with Gasteiger partial charge in [0.2, 0.25) is 10.0 Å². The summed E-state index contributed by atoms with van der Waals surface area (Å²) < 4.78 is 27.7. The summed E-state index contributed by atoms with van der Waals surface area (Å²) in [6.45, 7) is 10.7. The van der Waals surface area contributed by atoms with E-state index in [4.69, 9.17) is 5.11 Å². The molecule has 0 aromatic heterocycles. The Hall–Kier alpha value is -0.950. The van der Waals surface area contributed by atoms with Crippen LogP contribution >= 0.6 is 0 Å². The van der Waals surface area contributed by atoms with Gasteiger partial charge in [0.25, 0.3) is 0 Å². The van der Waals surface area contributed by atoms with Crippen LogP contribution in [0.15, 0.2) is 11.0 Å². The second-order valence-corrected chi connectivity index (χ2v) is 7.93. The summed E-state index contributed by atoms with van der Waals surface area (Å²) in [6.07, 6.45) is 0. The van der Waals surface area contributed by atoms with E-state index < -0.39 is 10.0 Å². The van der Waals surface area contributed by atoms with Crippen molar-refractivity contribution in [3.8, 4) is 0 Å². The van der Waals surface area contributed by atoms with E-state index in [2.05, 4.69) is 4.90 Å². The van der Waals surface area contributed by atoms with Crippen LogP contribution in [-0.2, 0) is 10.0 Å². The van der Waals surface area contributed by atoms with Gasteiger partial charge in [0.05, 0.1) is 11.5 Å². The monoisotopic (exact) mass is 326 g/mol. The molecule has 1 saturated heterocycles. The quantitative estimate of drug-likeness (QED) is 0.904. The summed E-state index contributed by atoms with van der Waals surface area (Å²) in [6, 6.07) is 2.04. The standard InChI is InChI=1S/C16H26N2O3S/c1-12-11-13(2)15(4)16(14(12)3)22(20,21)18-7-5-17(6-8-18)9-10-19/h11,19H,5-10H2,1-4H3. The highest BCUT2D eigenvalue weighted by molar-refractivity contribution is 7.89. The molecule has 1 fully saturated rings. The summed E-state index contributed by atoms with van der Waals surface area (Å²) in [7, 11) is -3.46. The molecular formula is C16H26N2O3S. The Morgan fingerprint density at radius 1 is 1.00 bits per heavy atom. The molecule has 1 heterocycles. The van der Waals surface area contributed by atoms with Gasteiger partial charge in [0.1, 0.15) is 0 Å². The second kappa shape index (κ2) is 6.66. The lowest BCUT2D eigenvalue weighted by Crippen LogP contribution is -2.49.